The molecule has 25 heavy (non-hydrogen) atoms. The van der Waals surface area contributed by atoms with Crippen molar-refractivity contribution >= 4 is 29.2 Å². The fourth-order valence-electron chi connectivity index (χ4n) is 2.23. The number of primary amides is 1. The van der Waals surface area contributed by atoms with Gasteiger partial charge in [0.15, 0.2) is 5.69 Å². The zero-order chi connectivity index (χ0) is 18.0. The number of nitrogens with two attached hydrogens (primary N) is 2. The van der Waals surface area contributed by atoms with Crippen LogP contribution in [0.5, 0.6) is 0 Å². The molecule has 126 valence electrons. The van der Waals surface area contributed by atoms with Crippen LogP contribution in [-0.2, 0) is 0 Å². The van der Waals surface area contributed by atoms with Crippen molar-refractivity contribution in [2.75, 3.05) is 11.2 Å². The fraction of sp³-hybridized carbons (Fsp3) is 0. The summed E-state index contributed by atoms with van der Waals surface area (Å²) >= 11 is 5.75. The van der Waals surface area contributed by atoms with Crippen LogP contribution in [0.3, 0.4) is 0 Å². The van der Waals surface area contributed by atoms with Gasteiger partial charge in [0.05, 0.1) is 5.02 Å². The lowest BCUT2D eigenvalue weighted by atomic mass is 10.1. The molecule has 0 saturated heterocycles. The normalized spacial score (nSPS) is 10.4. The second-order valence-corrected chi connectivity index (χ2v) is 5.54. The molecule has 0 radical (unpaired) electrons. The quantitative estimate of drug-likeness (QED) is 0.612. The lowest BCUT2D eigenvalue weighted by Crippen LogP contribution is -2.21. The standard InChI is InChI=1S/C16H13ClN6O2/c17-11-5-6-12(20-7-11)22-16(25)10-3-1-9(2-4-10)13-14(15(18)24)23(19)8-21-13/h1-8H,19H2,(H2,18,24)(H,20,22,25). The number of pyridine rings is 1. The van der Waals surface area contributed by atoms with E-state index in [9.17, 15) is 9.59 Å². The fourth-order valence-corrected chi connectivity index (χ4v) is 2.35. The van der Waals surface area contributed by atoms with Gasteiger partial charge in [-0.15, -0.1) is 0 Å². The average Bonchev–Trinajstić information content (AvgIpc) is 2.99. The number of anilines is 1. The lowest BCUT2D eigenvalue weighted by molar-refractivity contribution is 0.0991. The van der Waals surface area contributed by atoms with E-state index < -0.39 is 5.91 Å². The van der Waals surface area contributed by atoms with E-state index in [1.807, 2.05) is 0 Å². The largest absolute Gasteiger partial charge is 0.364 e. The second-order valence-electron chi connectivity index (χ2n) is 5.11. The van der Waals surface area contributed by atoms with Gasteiger partial charge in [0.2, 0.25) is 0 Å². The molecule has 0 spiro atoms. The number of aromatic nitrogens is 3. The van der Waals surface area contributed by atoms with Crippen LogP contribution < -0.4 is 16.9 Å². The molecule has 8 nitrogen and oxygen atoms in total. The first-order valence-corrected chi connectivity index (χ1v) is 7.49. The van der Waals surface area contributed by atoms with E-state index in [4.69, 9.17) is 23.2 Å². The van der Waals surface area contributed by atoms with E-state index in [1.54, 1.807) is 36.4 Å². The number of halogens is 1. The van der Waals surface area contributed by atoms with Crippen molar-refractivity contribution in [2.24, 2.45) is 5.73 Å². The van der Waals surface area contributed by atoms with E-state index in [0.29, 0.717) is 27.7 Å². The number of hydrogen-bond donors (Lipinski definition) is 3. The van der Waals surface area contributed by atoms with Crippen LogP contribution in [0.4, 0.5) is 5.82 Å². The van der Waals surface area contributed by atoms with Crippen molar-refractivity contribution in [3.05, 3.63) is 65.2 Å². The van der Waals surface area contributed by atoms with Crippen LogP contribution in [0.15, 0.2) is 48.9 Å². The minimum atomic E-state index is -0.689. The minimum Gasteiger partial charge on any atom is -0.364 e. The number of carbonyl (C=O) groups excluding carboxylic acids is 2. The Bertz CT molecular complexity index is 934. The number of nitrogen functional groups attached to an aromatic ring is 1. The smallest absolute Gasteiger partial charge is 0.269 e. The van der Waals surface area contributed by atoms with Crippen molar-refractivity contribution < 1.29 is 9.59 Å². The molecule has 3 rings (SSSR count). The van der Waals surface area contributed by atoms with E-state index in [2.05, 4.69) is 15.3 Å². The van der Waals surface area contributed by atoms with Crippen molar-refractivity contribution in [3.63, 3.8) is 0 Å². The van der Waals surface area contributed by atoms with Crippen LogP contribution in [0.25, 0.3) is 11.3 Å². The second kappa shape index (κ2) is 6.62. The molecule has 0 fully saturated rings. The number of nitrogens with zero attached hydrogens (tertiary/aromatic N) is 3. The summed E-state index contributed by atoms with van der Waals surface area (Å²) in [7, 11) is 0. The van der Waals surface area contributed by atoms with E-state index >= 15 is 0 Å². The number of hydrogen-bond acceptors (Lipinski definition) is 5. The van der Waals surface area contributed by atoms with E-state index in [1.165, 1.54) is 12.5 Å². The van der Waals surface area contributed by atoms with Gasteiger partial charge in [-0.25, -0.2) is 14.6 Å². The summed E-state index contributed by atoms with van der Waals surface area (Å²) < 4.78 is 1.06. The Morgan fingerprint density at radius 2 is 1.80 bits per heavy atom. The Kier molecular flexibility index (Phi) is 4.36. The van der Waals surface area contributed by atoms with Gasteiger partial charge >= 0.3 is 0 Å². The van der Waals surface area contributed by atoms with Gasteiger partial charge < -0.3 is 16.9 Å². The Balaban J connectivity index is 1.81. The molecule has 0 saturated carbocycles. The maximum absolute atomic E-state index is 12.2. The summed E-state index contributed by atoms with van der Waals surface area (Å²) in [6.45, 7) is 0. The highest BCUT2D eigenvalue weighted by Gasteiger charge is 2.17. The highest BCUT2D eigenvalue weighted by Crippen LogP contribution is 2.22. The number of carbonyl (C=O) groups is 2. The molecule has 1 aromatic carbocycles. The van der Waals surface area contributed by atoms with Crippen molar-refractivity contribution in [3.8, 4) is 11.3 Å². The van der Waals surface area contributed by atoms with E-state index in [0.717, 1.165) is 4.68 Å². The topological polar surface area (TPSA) is 129 Å². The molecule has 0 unspecified atom stereocenters. The summed E-state index contributed by atoms with van der Waals surface area (Å²) in [5.74, 6) is 4.99. The summed E-state index contributed by atoms with van der Waals surface area (Å²) in [6.07, 6.45) is 2.73. The third-order valence-corrected chi connectivity index (χ3v) is 3.64. The predicted octanol–water partition coefficient (Wildman–Crippen LogP) is 1.66. The third kappa shape index (κ3) is 3.43. The first kappa shape index (κ1) is 16.5. The van der Waals surface area contributed by atoms with Gasteiger partial charge in [0, 0.05) is 17.3 Å². The average molecular weight is 357 g/mol. The molecule has 0 aliphatic carbocycles. The van der Waals surface area contributed by atoms with Crippen LogP contribution >= 0.6 is 11.6 Å². The van der Waals surface area contributed by atoms with E-state index in [-0.39, 0.29) is 11.6 Å². The van der Waals surface area contributed by atoms with Gasteiger partial charge in [-0.3, -0.25) is 9.59 Å². The lowest BCUT2D eigenvalue weighted by Gasteiger charge is -2.06. The first-order chi connectivity index (χ1) is 12.0. The molecule has 0 atom stereocenters. The molecule has 0 aliphatic rings. The van der Waals surface area contributed by atoms with Crippen LogP contribution in [0, 0.1) is 0 Å². The number of benzene rings is 1. The number of amides is 2. The molecule has 3 aromatic rings. The SMILES string of the molecule is NC(=O)c1c(-c2ccc(C(=O)Nc3ccc(Cl)cn3)cc2)ncn1N. The summed E-state index contributed by atoms with van der Waals surface area (Å²) in [5, 5.41) is 3.13. The zero-order valence-corrected chi connectivity index (χ0v) is 13.6. The third-order valence-electron chi connectivity index (χ3n) is 3.42. The Labute approximate surface area is 147 Å². The minimum absolute atomic E-state index is 0.0857. The molecule has 2 heterocycles. The molecule has 0 bridgehead atoms. The van der Waals surface area contributed by atoms with Gasteiger partial charge in [-0.05, 0) is 24.3 Å². The maximum Gasteiger partial charge on any atom is 0.269 e. The number of nitrogens with one attached hydrogen (secondary N) is 1. The Morgan fingerprint density at radius 3 is 2.40 bits per heavy atom. The Morgan fingerprint density at radius 1 is 1.08 bits per heavy atom. The number of imidazole rings is 1. The molecular formula is C16H13ClN6O2. The highest BCUT2D eigenvalue weighted by atomic mass is 35.5. The molecule has 2 aromatic heterocycles. The van der Waals surface area contributed by atoms with Gasteiger partial charge in [-0.2, -0.15) is 0 Å². The van der Waals surface area contributed by atoms with Crippen molar-refractivity contribution in [2.45, 2.75) is 0 Å². The van der Waals surface area contributed by atoms with Gasteiger partial charge in [0.25, 0.3) is 11.8 Å². The summed E-state index contributed by atoms with van der Waals surface area (Å²) in [5.41, 5.74) is 6.77. The summed E-state index contributed by atoms with van der Waals surface area (Å²) in [6, 6.07) is 9.73. The van der Waals surface area contributed by atoms with Gasteiger partial charge in [0.1, 0.15) is 17.8 Å². The van der Waals surface area contributed by atoms with Crippen molar-refractivity contribution in [1.82, 2.24) is 14.6 Å². The molecular weight excluding hydrogens is 344 g/mol. The first-order valence-electron chi connectivity index (χ1n) is 7.11. The zero-order valence-electron chi connectivity index (χ0n) is 12.8. The Hall–Kier alpha value is -3.39. The maximum atomic E-state index is 12.2. The van der Waals surface area contributed by atoms with Crippen LogP contribution in [0.2, 0.25) is 5.02 Å². The highest BCUT2D eigenvalue weighted by molar-refractivity contribution is 6.30. The monoisotopic (exact) mass is 356 g/mol. The van der Waals surface area contributed by atoms with Gasteiger partial charge in [-0.1, -0.05) is 23.7 Å². The molecule has 0 aliphatic heterocycles. The number of rotatable bonds is 4. The predicted molar refractivity (Wildman–Crippen MR) is 93.5 cm³/mol. The summed E-state index contributed by atoms with van der Waals surface area (Å²) in [4.78, 5) is 31.8. The van der Waals surface area contributed by atoms with Crippen molar-refractivity contribution in [1.29, 1.82) is 0 Å². The molecule has 5 N–H and O–H groups in total. The van der Waals surface area contributed by atoms with Crippen LogP contribution in [-0.4, -0.2) is 26.5 Å². The van der Waals surface area contributed by atoms with Crippen LogP contribution in [0.1, 0.15) is 20.8 Å². The molecule has 9 heteroatoms. The molecule has 2 amide bonds.